The van der Waals surface area contributed by atoms with Gasteiger partial charge < -0.3 is 68.8 Å². The molecule has 1 aliphatic heterocycles. The zero-order valence-electron chi connectivity index (χ0n) is 42.6. The molecule has 24 nitrogen and oxygen atoms in total. The molecule has 0 unspecified atom stereocenters. The Bertz CT molecular complexity index is 2730. The van der Waals surface area contributed by atoms with Crippen LogP contribution in [0.15, 0.2) is 85.1 Å². The number of aliphatic carboxylic acids is 1. The number of nitrogens with one attached hydrogen (secondary N) is 10. The summed E-state index contributed by atoms with van der Waals surface area (Å²) in [5.41, 5.74) is 8.07. The summed E-state index contributed by atoms with van der Waals surface area (Å²) >= 11 is 0. The second-order valence-corrected chi connectivity index (χ2v) is 18.7. The highest BCUT2D eigenvalue weighted by Gasteiger charge is 2.33. The number of aromatic nitrogens is 1. The van der Waals surface area contributed by atoms with Crippen LogP contribution < -0.4 is 53.6 Å². The number of para-hydroxylation sites is 1. The fourth-order valence-electron chi connectivity index (χ4n) is 8.49. The first-order chi connectivity index (χ1) is 36.8. The molecule has 0 saturated carbocycles. The number of primary amides is 1. The van der Waals surface area contributed by atoms with E-state index >= 15 is 0 Å². The van der Waals surface area contributed by atoms with Crippen molar-refractivity contribution in [3.63, 3.8) is 0 Å². The molecule has 1 aromatic heterocycles. The van der Waals surface area contributed by atoms with Gasteiger partial charge in [-0.15, -0.1) is 0 Å². The molecule has 6 atom stereocenters. The van der Waals surface area contributed by atoms with Crippen LogP contribution in [0.25, 0.3) is 10.9 Å². The maximum atomic E-state index is 14.5. The highest BCUT2D eigenvalue weighted by molar-refractivity contribution is 5.98. The highest BCUT2D eigenvalue weighted by atomic mass is 16.4. The summed E-state index contributed by atoms with van der Waals surface area (Å²) in [4.78, 5) is 149. The molecule has 14 N–H and O–H groups in total. The summed E-state index contributed by atoms with van der Waals surface area (Å²) in [6, 6.07) is 13.0. The van der Waals surface area contributed by atoms with Gasteiger partial charge in [0.15, 0.2) is 0 Å². The third kappa shape index (κ3) is 20.1. The standard InChI is InChI=1S/C53H67N11O13/c1-31(65)59-41(26-33-19-21-35(66)22-20-33)51(75)61-38-15-9-23-55-44(67)17-7-8-18-45(68)56-24-10-16-39(50(74)64-43(28-47(70)71)53(77)63-40(48(54)72)25-32-11-3-2-4-12-32)62-52(76)42(60-46(69)30-58-49(38)73)27-34-29-57-37-14-6-5-13-36(34)37/h2-6,11-14,19-22,29,38-43,57,66H,7-10,15-18,23-28,30H2,1H3,(H2,54,72)(H,55,67)(H,56,68)(H,58,73)(H,59,65)(H,60,69)(H,61,75)(H,62,76)(H,63,77)(H,64,74)(H,70,71)/t38-,39-,40-,41-,42-,43-/m0/s1. The molecule has 412 valence electrons. The molecular weight excluding hydrogens is 999 g/mol. The van der Waals surface area contributed by atoms with Crippen molar-refractivity contribution in [2.75, 3.05) is 19.6 Å². The highest BCUT2D eigenvalue weighted by Crippen LogP contribution is 2.20. The van der Waals surface area contributed by atoms with Gasteiger partial charge in [0.25, 0.3) is 0 Å². The summed E-state index contributed by atoms with van der Waals surface area (Å²) in [7, 11) is 0. The van der Waals surface area contributed by atoms with Crippen molar-refractivity contribution in [3.05, 3.63) is 102 Å². The van der Waals surface area contributed by atoms with E-state index in [2.05, 4.69) is 52.8 Å². The number of carboxylic acid groups (broad SMARTS) is 1. The third-order valence-corrected chi connectivity index (χ3v) is 12.5. The first-order valence-electron chi connectivity index (χ1n) is 25.3. The fraction of sp³-hybridized carbons (Fsp3) is 0.415. The van der Waals surface area contributed by atoms with Crippen LogP contribution in [0.3, 0.4) is 0 Å². The van der Waals surface area contributed by atoms with Crippen molar-refractivity contribution in [2.45, 2.75) is 120 Å². The Morgan fingerprint density at radius 1 is 0.662 bits per heavy atom. The number of hydrogen-bond acceptors (Lipinski definition) is 12. The number of fused-ring (bicyclic) bond motifs is 1. The number of phenolic OH excluding ortho intramolecular Hbond substituents is 1. The SMILES string of the molecule is CC(=O)N[C@@H](Cc1ccc(O)cc1)C(=O)N[C@H]1CCCNC(=O)CCCCC(=O)NCCC[C@@H](C(=O)N[C@@H](CC(=O)O)C(=O)N[C@@H](Cc2ccccc2)C(N)=O)NC(=O)[C@H](Cc2c[nH]c3ccccc23)NC(=O)CNC1=O. The van der Waals surface area contributed by atoms with Crippen molar-refractivity contribution in [2.24, 2.45) is 5.73 Å². The fourth-order valence-corrected chi connectivity index (χ4v) is 8.49. The van der Waals surface area contributed by atoms with Crippen LogP contribution in [0, 0.1) is 0 Å². The number of amides is 10. The van der Waals surface area contributed by atoms with Crippen LogP contribution in [0.1, 0.15) is 81.4 Å². The second kappa shape index (κ2) is 29.9. The number of carboxylic acids is 1. The van der Waals surface area contributed by atoms with Gasteiger partial charge in [-0.05, 0) is 73.4 Å². The molecule has 0 aliphatic carbocycles. The van der Waals surface area contributed by atoms with Gasteiger partial charge in [-0.2, -0.15) is 0 Å². The van der Waals surface area contributed by atoms with E-state index in [4.69, 9.17) is 5.73 Å². The predicted octanol–water partition coefficient (Wildman–Crippen LogP) is -0.727. The summed E-state index contributed by atoms with van der Waals surface area (Å²) in [5, 5.41) is 43.5. The molecule has 2 heterocycles. The topological polar surface area (TPSA) is 378 Å². The molecule has 0 radical (unpaired) electrons. The Hall–Kier alpha value is -8.83. The van der Waals surface area contributed by atoms with Gasteiger partial charge in [-0.1, -0.05) is 60.7 Å². The van der Waals surface area contributed by atoms with Gasteiger partial charge in [0.05, 0.1) is 13.0 Å². The van der Waals surface area contributed by atoms with Crippen molar-refractivity contribution < 1.29 is 63.0 Å². The Morgan fingerprint density at radius 3 is 1.94 bits per heavy atom. The second-order valence-electron chi connectivity index (χ2n) is 18.7. The lowest BCUT2D eigenvalue weighted by Crippen LogP contribution is -2.59. The zero-order valence-corrected chi connectivity index (χ0v) is 42.6. The smallest absolute Gasteiger partial charge is 0.305 e. The maximum absolute atomic E-state index is 14.5. The number of phenols is 1. The largest absolute Gasteiger partial charge is 0.508 e. The Kier molecular flexibility index (Phi) is 22.9. The predicted molar refractivity (Wildman–Crippen MR) is 279 cm³/mol. The van der Waals surface area contributed by atoms with Crippen LogP contribution in [-0.4, -0.2) is 136 Å². The molecule has 24 heteroatoms. The van der Waals surface area contributed by atoms with E-state index in [1.165, 1.54) is 19.1 Å². The van der Waals surface area contributed by atoms with E-state index in [9.17, 15) is 63.0 Å². The van der Waals surface area contributed by atoms with Crippen LogP contribution in [0.5, 0.6) is 5.75 Å². The Morgan fingerprint density at radius 2 is 1.29 bits per heavy atom. The van der Waals surface area contributed by atoms with E-state index in [0.29, 0.717) is 40.4 Å². The number of benzene rings is 3. The minimum Gasteiger partial charge on any atom is -0.508 e. The number of aromatic hydroxyl groups is 1. The monoisotopic (exact) mass is 1070 g/mol. The minimum atomic E-state index is -1.78. The minimum absolute atomic E-state index is 0.0146. The van der Waals surface area contributed by atoms with Gasteiger partial charge >= 0.3 is 5.97 Å². The average molecular weight is 1070 g/mol. The molecule has 1 saturated heterocycles. The van der Waals surface area contributed by atoms with E-state index in [1.807, 2.05) is 0 Å². The summed E-state index contributed by atoms with van der Waals surface area (Å²) in [5.74, 6) is -9.11. The molecule has 4 aromatic rings. The lowest BCUT2D eigenvalue weighted by Gasteiger charge is -2.26. The van der Waals surface area contributed by atoms with Gasteiger partial charge in [0.2, 0.25) is 59.1 Å². The van der Waals surface area contributed by atoms with E-state index in [0.717, 1.165) is 0 Å². The van der Waals surface area contributed by atoms with Gasteiger partial charge in [-0.25, -0.2) is 0 Å². The van der Waals surface area contributed by atoms with Crippen LogP contribution in [-0.2, 0) is 72.0 Å². The molecule has 3 aromatic carbocycles. The Labute approximate surface area is 443 Å². The number of hydrogen-bond donors (Lipinski definition) is 13. The number of rotatable bonds is 16. The number of carbonyl (C=O) groups excluding carboxylic acids is 10. The lowest BCUT2D eigenvalue weighted by atomic mass is 10.0. The quantitative estimate of drug-likeness (QED) is 0.0660. The number of carbonyl (C=O) groups is 11. The van der Waals surface area contributed by atoms with Crippen LogP contribution >= 0.6 is 0 Å². The van der Waals surface area contributed by atoms with Crippen molar-refractivity contribution in [3.8, 4) is 5.75 Å². The van der Waals surface area contributed by atoms with Gasteiger partial charge in [0.1, 0.15) is 42.0 Å². The Balaban J connectivity index is 1.41. The molecule has 0 spiro atoms. The molecule has 5 rings (SSSR count). The van der Waals surface area contributed by atoms with Gasteiger partial charge in [0, 0.05) is 69.2 Å². The summed E-state index contributed by atoms with van der Waals surface area (Å²) in [6.07, 6.45) is 1.25. The molecular formula is C53H67N11O13. The van der Waals surface area contributed by atoms with Crippen LogP contribution in [0.2, 0.25) is 0 Å². The van der Waals surface area contributed by atoms with Crippen molar-refractivity contribution in [1.82, 2.24) is 52.8 Å². The molecule has 0 bridgehead atoms. The van der Waals surface area contributed by atoms with Crippen molar-refractivity contribution >= 4 is 75.9 Å². The molecule has 1 aliphatic rings. The molecule has 1 fully saturated rings. The van der Waals surface area contributed by atoms with Gasteiger partial charge in [-0.3, -0.25) is 52.7 Å². The van der Waals surface area contributed by atoms with E-state index in [-0.39, 0.29) is 88.4 Å². The number of nitrogens with two attached hydrogens (primary N) is 1. The normalized spacial score (nSPS) is 18.9. The maximum Gasteiger partial charge on any atom is 0.305 e. The van der Waals surface area contributed by atoms with Crippen LogP contribution in [0.4, 0.5) is 0 Å². The average Bonchev–Trinajstić information content (AvgIpc) is 3.80. The first-order valence-corrected chi connectivity index (χ1v) is 25.3. The molecule has 77 heavy (non-hydrogen) atoms. The summed E-state index contributed by atoms with van der Waals surface area (Å²) in [6.45, 7) is 0.600. The van der Waals surface area contributed by atoms with Crippen molar-refractivity contribution in [1.29, 1.82) is 0 Å². The number of aromatic amines is 1. The zero-order chi connectivity index (χ0) is 55.9. The third-order valence-electron chi connectivity index (χ3n) is 12.5. The lowest BCUT2D eigenvalue weighted by molar-refractivity contribution is -0.141. The first kappa shape index (κ1) is 59.1. The summed E-state index contributed by atoms with van der Waals surface area (Å²) < 4.78 is 0. The van der Waals surface area contributed by atoms with E-state index < -0.39 is 102 Å². The van der Waals surface area contributed by atoms with E-state index in [1.54, 1.807) is 72.9 Å². The molecule has 10 amide bonds. The number of H-pyrrole nitrogens is 1.